The molecule has 1 aliphatic heterocycles. The third kappa shape index (κ3) is 2.14. The third-order valence-electron chi connectivity index (χ3n) is 3.88. The molecule has 1 aliphatic rings. The average molecular weight is 276 g/mol. The average Bonchev–Trinajstić information content (AvgIpc) is 3.00. The Morgan fingerprint density at radius 3 is 2.42 bits per heavy atom. The van der Waals surface area contributed by atoms with Crippen LogP contribution in [0, 0.1) is 0 Å². The number of hydrogen-bond donors (Lipinski definition) is 0. The van der Waals surface area contributed by atoms with Gasteiger partial charge < -0.3 is 9.31 Å². The molecule has 0 amide bonds. The van der Waals surface area contributed by atoms with E-state index in [1.165, 1.54) is 0 Å². The molecule has 3 heterocycles. The molecule has 4 nitrogen and oxygen atoms in total. The first-order chi connectivity index (χ1) is 8.89. The van der Waals surface area contributed by atoms with Crippen LogP contribution in [0.5, 0.6) is 0 Å². The van der Waals surface area contributed by atoms with E-state index in [-0.39, 0.29) is 11.2 Å². The molecular weight excluding hydrogens is 259 g/mol. The summed E-state index contributed by atoms with van der Waals surface area (Å²) < 4.78 is 13.8. The second-order valence-electron chi connectivity index (χ2n) is 5.75. The summed E-state index contributed by atoms with van der Waals surface area (Å²) in [5.41, 5.74) is 1.21. The van der Waals surface area contributed by atoms with E-state index in [1.807, 2.05) is 56.1 Å². The van der Waals surface area contributed by atoms with Gasteiger partial charge in [-0.3, -0.25) is 0 Å². The van der Waals surface area contributed by atoms with Gasteiger partial charge in [-0.2, -0.15) is 16.4 Å². The molecule has 0 aliphatic carbocycles. The number of hydrogen-bond acceptors (Lipinski definition) is 4. The second-order valence-corrected chi connectivity index (χ2v) is 6.54. The smallest absolute Gasteiger partial charge is 0.398 e. The van der Waals surface area contributed by atoms with Crippen LogP contribution in [-0.4, -0.2) is 28.1 Å². The Kier molecular flexibility index (Phi) is 2.85. The van der Waals surface area contributed by atoms with Gasteiger partial charge in [0, 0.05) is 11.6 Å². The zero-order valence-corrected chi connectivity index (χ0v) is 12.4. The van der Waals surface area contributed by atoms with E-state index in [0.717, 1.165) is 11.3 Å². The van der Waals surface area contributed by atoms with Crippen LogP contribution >= 0.6 is 11.3 Å². The Morgan fingerprint density at radius 2 is 1.84 bits per heavy atom. The van der Waals surface area contributed by atoms with Crippen molar-refractivity contribution in [3.05, 3.63) is 29.1 Å². The maximum atomic E-state index is 5.99. The van der Waals surface area contributed by atoms with Crippen molar-refractivity contribution in [2.45, 2.75) is 38.9 Å². The van der Waals surface area contributed by atoms with Crippen LogP contribution in [0.1, 0.15) is 27.7 Å². The molecule has 0 spiro atoms. The summed E-state index contributed by atoms with van der Waals surface area (Å²) in [7, 11) is -0.398. The topological polar surface area (TPSA) is 36.3 Å². The lowest BCUT2D eigenvalue weighted by Crippen LogP contribution is -2.41. The number of thiophene rings is 1. The minimum absolute atomic E-state index is 0.330. The summed E-state index contributed by atoms with van der Waals surface area (Å²) in [4.78, 5) is 0. The van der Waals surface area contributed by atoms with Crippen LogP contribution in [0.15, 0.2) is 29.1 Å². The number of rotatable bonds is 2. The molecule has 2 aromatic rings. The van der Waals surface area contributed by atoms with Gasteiger partial charge in [-0.1, -0.05) is 0 Å². The van der Waals surface area contributed by atoms with E-state index in [1.54, 1.807) is 11.3 Å². The molecule has 0 atom stereocenters. The molecule has 1 fully saturated rings. The molecule has 0 aromatic carbocycles. The fraction of sp³-hybridized carbons (Fsp3) is 0.462. The van der Waals surface area contributed by atoms with E-state index >= 15 is 0 Å². The van der Waals surface area contributed by atoms with Crippen LogP contribution in [0.3, 0.4) is 0 Å². The van der Waals surface area contributed by atoms with Crippen molar-refractivity contribution in [3.63, 3.8) is 0 Å². The predicted molar refractivity (Wildman–Crippen MR) is 77.2 cm³/mol. The molecule has 3 rings (SSSR count). The van der Waals surface area contributed by atoms with Crippen molar-refractivity contribution in [2.75, 3.05) is 0 Å². The van der Waals surface area contributed by atoms with Crippen LogP contribution in [-0.2, 0) is 9.31 Å². The highest BCUT2D eigenvalue weighted by Gasteiger charge is 2.52. The first-order valence-electron chi connectivity index (χ1n) is 6.33. The molecule has 6 heteroatoms. The lowest BCUT2D eigenvalue weighted by molar-refractivity contribution is 0.00578. The van der Waals surface area contributed by atoms with Crippen LogP contribution in [0.25, 0.3) is 5.69 Å². The molecular formula is C13H17BN2O2S. The van der Waals surface area contributed by atoms with E-state index in [4.69, 9.17) is 9.31 Å². The van der Waals surface area contributed by atoms with Crippen molar-refractivity contribution in [2.24, 2.45) is 0 Å². The SMILES string of the molecule is CC1(C)OB(c2ccn(-c3ccsc3)n2)OC1(C)C. The third-order valence-corrected chi connectivity index (χ3v) is 4.55. The summed E-state index contributed by atoms with van der Waals surface area (Å²) in [5, 5.41) is 8.63. The van der Waals surface area contributed by atoms with Crippen LogP contribution in [0.4, 0.5) is 0 Å². The predicted octanol–water partition coefficient (Wildman–Crippen LogP) is 2.23. The fourth-order valence-corrected chi connectivity index (χ4v) is 2.58. The van der Waals surface area contributed by atoms with Gasteiger partial charge in [0.15, 0.2) is 0 Å². The van der Waals surface area contributed by atoms with Crippen molar-refractivity contribution in [1.82, 2.24) is 9.78 Å². The molecule has 0 N–H and O–H groups in total. The Bertz CT molecular complexity index is 561. The lowest BCUT2D eigenvalue weighted by Gasteiger charge is -2.32. The number of aromatic nitrogens is 2. The van der Waals surface area contributed by atoms with Crippen molar-refractivity contribution >= 4 is 24.0 Å². The molecule has 0 saturated carbocycles. The summed E-state index contributed by atoms with van der Waals surface area (Å²) in [5.74, 6) is 0. The molecule has 0 bridgehead atoms. The van der Waals surface area contributed by atoms with Gasteiger partial charge in [0.1, 0.15) is 0 Å². The maximum Gasteiger partial charge on any atom is 0.516 e. The second kappa shape index (κ2) is 4.20. The number of nitrogens with zero attached hydrogens (tertiary/aromatic N) is 2. The standard InChI is InChI=1S/C13H17BN2O2S/c1-12(2)13(3,4)18-14(17-12)11-5-7-16(15-11)10-6-8-19-9-10/h5-9H,1-4H3. The van der Waals surface area contributed by atoms with Crippen molar-refractivity contribution in [1.29, 1.82) is 0 Å². The van der Waals surface area contributed by atoms with E-state index in [2.05, 4.69) is 10.5 Å². The molecule has 2 aromatic heterocycles. The largest absolute Gasteiger partial charge is 0.516 e. The summed E-state index contributed by atoms with van der Waals surface area (Å²) in [6, 6.07) is 3.98. The highest BCUT2D eigenvalue weighted by Crippen LogP contribution is 2.36. The zero-order valence-electron chi connectivity index (χ0n) is 11.6. The highest BCUT2D eigenvalue weighted by molar-refractivity contribution is 7.08. The summed E-state index contributed by atoms with van der Waals surface area (Å²) in [6.45, 7) is 8.18. The normalized spacial score (nSPS) is 20.9. The summed E-state index contributed by atoms with van der Waals surface area (Å²) in [6.07, 6.45) is 1.93. The monoisotopic (exact) mass is 276 g/mol. The van der Waals surface area contributed by atoms with Gasteiger partial charge in [0.25, 0.3) is 0 Å². The van der Waals surface area contributed by atoms with E-state index in [9.17, 15) is 0 Å². The first kappa shape index (κ1) is 12.9. The minimum Gasteiger partial charge on any atom is -0.398 e. The van der Waals surface area contributed by atoms with Gasteiger partial charge in [0.2, 0.25) is 0 Å². The molecule has 0 unspecified atom stereocenters. The van der Waals surface area contributed by atoms with Gasteiger partial charge in [-0.05, 0) is 45.2 Å². The lowest BCUT2D eigenvalue weighted by atomic mass is 9.85. The van der Waals surface area contributed by atoms with E-state index in [0.29, 0.717) is 0 Å². The summed E-state index contributed by atoms with van der Waals surface area (Å²) >= 11 is 1.65. The Balaban J connectivity index is 1.85. The molecule has 0 radical (unpaired) electrons. The van der Waals surface area contributed by atoms with Gasteiger partial charge >= 0.3 is 7.12 Å². The molecule has 1 saturated heterocycles. The first-order valence-corrected chi connectivity index (χ1v) is 7.27. The van der Waals surface area contributed by atoms with Crippen molar-refractivity contribution < 1.29 is 9.31 Å². The highest BCUT2D eigenvalue weighted by atomic mass is 32.1. The Hall–Kier alpha value is -1.11. The molecule has 19 heavy (non-hydrogen) atoms. The van der Waals surface area contributed by atoms with Gasteiger partial charge in [-0.25, -0.2) is 4.68 Å². The minimum atomic E-state index is -0.398. The Morgan fingerprint density at radius 1 is 1.16 bits per heavy atom. The van der Waals surface area contributed by atoms with Crippen molar-refractivity contribution in [3.8, 4) is 5.69 Å². The van der Waals surface area contributed by atoms with Gasteiger partial charge in [-0.15, -0.1) is 0 Å². The van der Waals surface area contributed by atoms with Crippen LogP contribution in [0.2, 0.25) is 0 Å². The quantitative estimate of drug-likeness (QED) is 0.789. The molecule has 100 valence electrons. The maximum absolute atomic E-state index is 5.99. The van der Waals surface area contributed by atoms with Crippen LogP contribution < -0.4 is 5.59 Å². The zero-order chi connectivity index (χ0) is 13.7. The fourth-order valence-electron chi connectivity index (χ4n) is 1.96. The Labute approximate surface area is 117 Å². The van der Waals surface area contributed by atoms with Gasteiger partial charge in [0.05, 0.1) is 22.5 Å². The van der Waals surface area contributed by atoms with E-state index < -0.39 is 7.12 Å².